The van der Waals surface area contributed by atoms with Gasteiger partial charge in [0.1, 0.15) is 11.9 Å². The highest BCUT2D eigenvalue weighted by atomic mass is 19.1. The zero-order valence-electron chi connectivity index (χ0n) is 16.2. The molecular formula is C23H22FN3O2. The zero-order chi connectivity index (χ0) is 20.8. The third kappa shape index (κ3) is 5.42. The van der Waals surface area contributed by atoms with Crippen molar-refractivity contribution >= 4 is 28.9 Å². The first-order valence-corrected chi connectivity index (χ1v) is 9.18. The fraction of sp³-hybridized carbons (Fsp3) is 0.130. The van der Waals surface area contributed by atoms with Crippen molar-refractivity contribution in [2.75, 3.05) is 16.0 Å². The highest BCUT2D eigenvalue weighted by molar-refractivity contribution is 5.97. The molecule has 3 rings (SSSR count). The summed E-state index contributed by atoms with van der Waals surface area (Å²) in [5.41, 5.74) is 3.62. The summed E-state index contributed by atoms with van der Waals surface area (Å²) in [6.45, 7) is 3.34. The lowest BCUT2D eigenvalue weighted by Gasteiger charge is -2.21. The molecule has 3 N–H and O–H groups in total. The molecule has 0 heterocycles. The first-order valence-electron chi connectivity index (χ1n) is 9.18. The predicted octanol–water partition coefficient (Wildman–Crippen LogP) is 4.88. The van der Waals surface area contributed by atoms with Crippen LogP contribution in [0.15, 0.2) is 72.8 Å². The number of amides is 2. The van der Waals surface area contributed by atoms with E-state index in [1.807, 2.05) is 43.3 Å². The van der Waals surface area contributed by atoms with Crippen LogP contribution < -0.4 is 16.0 Å². The molecule has 1 unspecified atom stereocenters. The average molecular weight is 391 g/mol. The van der Waals surface area contributed by atoms with Crippen LogP contribution in [0.1, 0.15) is 24.1 Å². The molecule has 1 atom stereocenters. The molecule has 2 amide bonds. The summed E-state index contributed by atoms with van der Waals surface area (Å²) in [5, 5.41) is 8.83. The summed E-state index contributed by atoms with van der Waals surface area (Å²) >= 11 is 0. The molecule has 0 bridgehead atoms. The molecule has 3 aromatic carbocycles. The maximum Gasteiger partial charge on any atom is 0.251 e. The van der Waals surface area contributed by atoms with Crippen molar-refractivity contribution in [1.82, 2.24) is 0 Å². The summed E-state index contributed by atoms with van der Waals surface area (Å²) < 4.78 is 13.1. The Balaban J connectivity index is 1.84. The SMILES string of the molecule is CC(=O)Nc1ccc(NC(C(=O)Nc2ccc(F)cc2)c2ccccc2)cc1C. The minimum Gasteiger partial charge on any atom is -0.370 e. The second-order valence-electron chi connectivity index (χ2n) is 6.70. The first-order chi connectivity index (χ1) is 13.9. The standard InChI is InChI=1S/C23H22FN3O2/c1-15-14-20(12-13-21(15)25-16(2)28)26-22(17-6-4-3-5-7-17)23(29)27-19-10-8-18(24)9-11-19/h3-14,22,26H,1-2H3,(H,25,28)(H,27,29). The molecule has 5 nitrogen and oxygen atoms in total. The van der Waals surface area contributed by atoms with E-state index in [2.05, 4.69) is 16.0 Å². The summed E-state index contributed by atoms with van der Waals surface area (Å²) in [6.07, 6.45) is 0. The van der Waals surface area contributed by atoms with Crippen LogP contribution in [0, 0.1) is 12.7 Å². The van der Waals surface area contributed by atoms with Crippen molar-refractivity contribution in [2.24, 2.45) is 0 Å². The van der Waals surface area contributed by atoms with Gasteiger partial charge in [0.05, 0.1) is 0 Å². The molecule has 0 aliphatic rings. The number of hydrogen-bond donors (Lipinski definition) is 3. The largest absolute Gasteiger partial charge is 0.370 e. The summed E-state index contributed by atoms with van der Waals surface area (Å²) in [4.78, 5) is 24.3. The van der Waals surface area contributed by atoms with Crippen molar-refractivity contribution in [2.45, 2.75) is 19.9 Å². The van der Waals surface area contributed by atoms with Crippen molar-refractivity contribution in [3.63, 3.8) is 0 Å². The molecule has 0 saturated heterocycles. The Kier molecular flexibility index (Phi) is 6.24. The normalized spacial score (nSPS) is 11.4. The van der Waals surface area contributed by atoms with Gasteiger partial charge in [-0.15, -0.1) is 0 Å². The minimum absolute atomic E-state index is 0.144. The molecule has 3 aromatic rings. The Bertz CT molecular complexity index is 1000. The van der Waals surface area contributed by atoms with E-state index in [1.165, 1.54) is 31.2 Å². The average Bonchev–Trinajstić information content (AvgIpc) is 2.70. The van der Waals surface area contributed by atoms with Gasteiger partial charge in [0, 0.05) is 24.0 Å². The molecule has 0 fully saturated rings. The molecule has 0 aliphatic carbocycles. The second-order valence-corrected chi connectivity index (χ2v) is 6.70. The molecule has 6 heteroatoms. The number of carbonyl (C=O) groups excluding carboxylic acids is 2. The molecule has 148 valence electrons. The quantitative estimate of drug-likeness (QED) is 0.561. The van der Waals surface area contributed by atoms with E-state index in [0.717, 1.165) is 22.5 Å². The summed E-state index contributed by atoms with van der Waals surface area (Å²) in [6, 6.07) is 19.8. The van der Waals surface area contributed by atoms with E-state index in [4.69, 9.17) is 0 Å². The van der Waals surface area contributed by atoms with E-state index < -0.39 is 6.04 Å². The van der Waals surface area contributed by atoms with Gasteiger partial charge >= 0.3 is 0 Å². The summed E-state index contributed by atoms with van der Waals surface area (Å²) in [5.74, 6) is -0.781. The highest BCUT2D eigenvalue weighted by Gasteiger charge is 2.21. The van der Waals surface area contributed by atoms with Gasteiger partial charge in [-0.3, -0.25) is 9.59 Å². The summed E-state index contributed by atoms with van der Waals surface area (Å²) in [7, 11) is 0. The lowest BCUT2D eigenvalue weighted by molar-refractivity contribution is -0.117. The Morgan fingerprint density at radius 1 is 0.862 bits per heavy atom. The third-order valence-corrected chi connectivity index (χ3v) is 4.35. The van der Waals surface area contributed by atoms with Crippen molar-refractivity contribution in [1.29, 1.82) is 0 Å². The van der Waals surface area contributed by atoms with Crippen LogP contribution in [0.4, 0.5) is 21.5 Å². The van der Waals surface area contributed by atoms with Gasteiger partial charge in [-0.25, -0.2) is 4.39 Å². The zero-order valence-corrected chi connectivity index (χ0v) is 16.2. The second kappa shape index (κ2) is 9.01. The number of rotatable bonds is 6. The van der Waals surface area contributed by atoms with Crippen molar-refractivity contribution in [3.8, 4) is 0 Å². The fourth-order valence-electron chi connectivity index (χ4n) is 2.94. The number of carbonyl (C=O) groups is 2. The minimum atomic E-state index is -0.660. The van der Waals surface area contributed by atoms with Crippen molar-refractivity contribution in [3.05, 3.63) is 89.7 Å². The Morgan fingerprint density at radius 2 is 1.52 bits per heavy atom. The number of aryl methyl sites for hydroxylation is 1. The van der Waals surface area contributed by atoms with Crippen LogP contribution in [-0.4, -0.2) is 11.8 Å². The maximum atomic E-state index is 13.1. The van der Waals surface area contributed by atoms with Crippen LogP contribution in [0.25, 0.3) is 0 Å². The van der Waals surface area contributed by atoms with E-state index in [0.29, 0.717) is 5.69 Å². The number of benzene rings is 3. The number of hydrogen-bond acceptors (Lipinski definition) is 3. The molecular weight excluding hydrogens is 369 g/mol. The molecule has 0 radical (unpaired) electrons. The van der Waals surface area contributed by atoms with E-state index in [-0.39, 0.29) is 17.6 Å². The number of anilines is 3. The van der Waals surface area contributed by atoms with E-state index in [9.17, 15) is 14.0 Å². The van der Waals surface area contributed by atoms with Crippen molar-refractivity contribution < 1.29 is 14.0 Å². The van der Waals surface area contributed by atoms with Gasteiger partial charge in [0.15, 0.2) is 0 Å². The Hall–Kier alpha value is -3.67. The smallest absolute Gasteiger partial charge is 0.251 e. The third-order valence-electron chi connectivity index (χ3n) is 4.35. The van der Waals surface area contributed by atoms with Gasteiger partial charge in [-0.05, 0) is 60.5 Å². The molecule has 0 aromatic heterocycles. The van der Waals surface area contributed by atoms with Crippen LogP contribution >= 0.6 is 0 Å². The van der Waals surface area contributed by atoms with Gasteiger partial charge < -0.3 is 16.0 Å². The van der Waals surface area contributed by atoms with Gasteiger partial charge in [0.25, 0.3) is 5.91 Å². The molecule has 0 aliphatic heterocycles. The monoisotopic (exact) mass is 391 g/mol. The number of nitrogens with one attached hydrogen (secondary N) is 3. The molecule has 0 saturated carbocycles. The lowest BCUT2D eigenvalue weighted by atomic mass is 10.0. The van der Waals surface area contributed by atoms with Crippen LogP contribution in [0.2, 0.25) is 0 Å². The van der Waals surface area contributed by atoms with Gasteiger partial charge in [-0.2, -0.15) is 0 Å². The van der Waals surface area contributed by atoms with Gasteiger partial charge in [-0.1, -0.05) is 30.3 Å². The van der Waals surface area contributed by atoms with Crippen LogP contribution in [0.3, 0.4) is 0 Å². The molecule has 0 spiro atoms. The van der Waals surface area contributed by atoms with Crippen LogP contribution in [0.5, 0.6) is 0 Å². The first kappa shape index (κ1) is 20.1. The van der Waals surface area contributed by atoms with Crippen LogP contribution in [-0.2, 0) is 9.59 Å². The Morgan fingerprint density at radius 3 is 2.14 bits per heavy atom. The predicted molar refractivity (Wildman–Crippen MR) is 113 cm³/mol. The Labute approximate surface area is 169 Å². The fourth-order valence-corrected chi connectivity index (χ4v) is 2.94. The topological polar surface area (TPSA) is 70.2 Å². The van der Waals surface area contributed by atoms with E-state index in [1.54, 1.807) is 12.1 Å². The lowest BCUT2D eigenvalue weighted by Crippen LogP contribution is -2.27. The maximum absolute atomic E-state index is 13.1. The van der Waals surface area contributed by atoms with Gasteiger partial charge in [0.2, 0.25) is 5.91 Å². The van der Waals surface area contributed by atoms with E-state index >= 15 is 0 Å². The molecule has 29 heavy (non-hydrogen) atoms. The number of halogens is 1. The highest BCUT2D eigenvalue weighted by Crippen LogP contribution is 2.25.